The molecule has 2 heterocycles. The van der Waals surface area contributed by atoms with E-state index >= 15 is 0 Å². The third-order valence-corrected chi connectivity index (χ3v) is 4.71. The van der Waals surface area contributed by atoms with Gasteiger partial charge < -0.3 is 14.2 Å². The van der Waals surface area contributed by atoms with Gasteiger partial charge in [0.15, 0.2) is 0 Å². The van der Waals surface area contributed by atoms with Gasteiger partial charge in [-0.2, -0.15) is 0 Å². The number of rotatable bonds is 5. The Balaban J connectivity index is 1.79. The largest absolute Gasteiger partial charge is 0.494 e. The fraction of sp³-hybridized carbons (Fsp3) is 0.227. The highest BCUT2D eigenvalue weighted by Crippen LogP contribution is 2.22. The molecule has 2 aromatic carbocycles. The summed E-state index contributed by atoms with van der Waals surface area (Å²) >= 11 is 0. The third kappa shape index (κ3) is 3.59. The molecule has 1 saturated heterocycles. The first kappa shape index (κ1) is 18.7. The van der Waals surface area contributed by atoms with Crippen LogP contribution in [0.3, 0.4) is 0 Å². The number of ether oxygens (including phenoxy) is 3. The Labute approximate surface area is 166 Å². The summed E-state index contributed by atoms with van der Waals surface area (Å²) < 4.78 is 17.0. The molecule has 1 atom stereocenters. The summed E-state index contributed by atoms with van der Waals surface area (Å²) in [5.41, 5.74) is 0.522. The smallest absolute Gasteiger partial charge is 0.347 e. The fourth-order valence-corrected chi connectivity index (χ4v) is 3.29. The molecular formula is C22H19NO6. The van der Waals surface area contributed by atoms with Gasteiger partial charge in [-0.05, 0) is 37.3 Å². The number of carbonyl (C=O) groups excluding carboxylic acids is 2. The summed E-state index contributed by atoms with van der Waals surface area (Å²) in [4.78, 5) is 37.5. The van der Waals surface area contributed by atoms with Crippen molar-refractivity contribution in [3.8, 4) is 11.4 Å². The second kappa shape index (κ2) is 7.79. The van der Waals surface area contributed by atoms with Gasteiger partial charge in [-0.3, -0.25) is 9.36 Å². The molecule has 0 saturated carbocycles. The fourth-order valence-electron chi connectivity index (χ4n) is 3.29. The Morgan fingerprint density at radius 3 is 2.48 bits per heavy atom. The van der Waals surface area contributed by atoms with E-state index in [9.17, 15) is 14.4 Å². The van der Waals surface area contributed by atoms with Crippen molar-refractivity contribution in [2.24, 2.45) is 0 Å². The van der Waals surface area contributed by atoms with Crippen molar-refractivity contribution in [3.05, 3.63) is 70.6 Å². The number of cyclic esters (lactones) is 1. The number of aromatic nitrogens is 1. The van der Waals surface area contributed by atoms with Gasteiger partial charge in [-0.1, -0.05) is 18.2 Å². The molecule has 148 valence electrons. The summed E-state index contributed by atoms with van der Waals surface area (Å²) in [5, 5.41) is 0.848. The predicted octanol–water partition coefficient (Wildman–Crippen LogP) is 2.86. The molecule has 0 amide bonds. The maximum atomic E-state index is 13.0. The molecule has 29 heavy (non-hydrogen) atoms. The SMILES string of the molecule is CCOc1ccc(-n2cc(C(=O)O[C@@H]3CCOC3=O)c3ccccc3c2=O)cc1. The zero-order chi connectivity index (χ0) is 20.4. The normalized spacial score (nSPS) is 15.9. The highest BCUT2D eigenvalue weighted by atomic mass is 16.6. The van der Waals surface area contributed by atoms with Crippen LogP contribution in [0.15, 0.2) is 59.5 Å². The number of fused-ring (bicyclic) bond motifs is 1. The Kier molecular flexibility index (Phi) is 5.03. The molecule has 0 bridgehead atoms. The molecule has 1 aliphatic heterocycles. The molecule has 1 aliphatic rings. The Morgan fingerprint density at radius 2 is 1.83 bits per heavy atom. The lowest BCUT2D eigenvalue weighted by molar-refractivity contribution is -0.145. The van der Waals surface area contributed by atoms with Crippen LogP contribution in [0.5, 0.6) is 5.75 Å². The van der Waals surface area contributed by atoms with E-state index in [1.54, 1.807) is 48.5 Å². The van der Waals surface area contributed by atoms with E-state index in [1.165, 1.54) is 10.8 Å². The molecular weight excluding hydrogens is 374 g/mol. The van der Waals surface area contributed by atoms with Crippen LogP contribution in [0.4, 0.5) is 0 Å². The average Bonchev–Trinajstić information content (AvgIpc) is 3.14. The molecule has 0 radical (unpaired) electrons. The number of hydrogen-bond acceptors (Lipinski definition) is 6. The van der Waals surface area contributed by atoms with Gasteiger partial charge in [-0.15, -0.1) is 0 Å². The maximum Gasteiger partial charge on any atom is 0.347 e. The Bertz CT molecular complexity index is 1130. The lowest BCUT2D eigenvalue weighted by Gasteiger charge is -2.14. The molecule has 7 heteroatoms. The van der Waals surface area contributed by atoms with Gasteiger partial charge in [0.1, 0.15) is 5.75 Å². The summed E-state index contributed by atoms with van der Waals surface area (Å²) in [6.45, 7) is 2.65. The minimum absolute atomic E-state index is 0.203. The zero-order valence-electron chi connectivity index (χ0n) is 15.8. The van der Waals surface area contributed by atoms with E-state index in [4.69, 9.17) is 14.2 Å². The number of hydrogen-bond donors (Lipinski definition) is 0. The van der Waals surface area contributed by atoms with Gasteiger partial charge in [0.2, 0.25) is 6.10 Å². The summed E-state index contributed by atoms with van der Waals surface area (Å²) in [7, 11) is 0. The molecule has 1 aromatic heterocycles. The van der Waals surface area contributed by atoms with Crippen LogP contribution in [-0.2, 0) is 14.3 Å². The predicted molar refractivity (Wildman–Crippen MR) is 105 cm³/mol. The van der Waals surface area contributed by atoms with Crippen molar-refractivity contribution in [2.45, 2.75) is 19.4 Å². The molecule has 1 fully saturated rings. The van der Waals surface area contributed by atoms with E-state index in [-0.39, 0.29) is 17.7 Å². The number of carbonyl (C=O) groups is 2. The lowest BCUT2D eigenvalue weighted by atomic mass is 10.1. The van der Waals surface area contributed by atoms with E-state index < -0.39 is 18.0 Å². The zero-order valence-corrected chi connectivity index (χ0v) is 15.8. The maximum absolute atomic E-state index is 13.0. The second-order valence-corrected chi connectivity index (χ2v) is 6.54. The molecule has 0 spiro atoms. The minimum Gasteiger partial charge on any atom is -0.494 e. The van der Waals surface area contributed by atoms with Crippen molar-refractivity contribution in [3.63, 3.8) is 0 Å². The number of benzene rings is 2. The molecule has 0 unspecified atom stereocenters. The first-order chi connectivity index (χ1) is 14.1. The standard InChI is InChI=1S/C22H19NO6/c1-2-27-15-9-7-14(8-10-15)23-13-18(16-5-3-4-6-17(16)20(23)24)21(25)29-19-11-12-28-22(19)26/h3-10,13,19H,2,11-12H2,1H3/t19-/m1/s1. The lowest BCUT2D eigenvalue weighted by Crippen LogP contribution is -2.25. The third-order valence-electron chi connectivity index (χ3n) is 4.71. The first-order valence-corrected chi connectivity index (χ1v) is 9.33. The Morgan fingerprint density at radius 1 is 1.10 bits per heavy atom. The quantitative estimate of drug-likeness (QED) is 0.620. The first-order valence-electron chi connectivity index (χ1n) is 9.33. The summed E-state index contributed by atoms with van der Waals surface area (Å²) in [6.07, 6.45) is 0.844. The van der Waals surface area contributed by atoms with Crippen LogP contribution in [0.1, 0.15) is 23.7 Å². The van der Waals surface area contributed by atoms with Gasteiger partial charge in [-0.25, -0.2) is 9.59 Å². The summed E-state index contributed by atoms with van der Waals surface area (Å²) in [6, 6.07) is 13.8. The second-order valence-electron chi connectivity index (χ2n) is 6.54. The molecule has 7 nitrogen and oxygen atoms in total. The van der Waals surface area contributed by atoms with Crippen LogP contribution in [-0.4, -0.2) is 35.8 Å². The van der Waals surface area contributed by atoms with E-state index in [1.807, 2.05) is 6.92 Å². The van der Waals surface area contributed by atoms with Gasteiger partial charge in [0.25, 0.3) is 5.56 Å². The minimum atomic E-state index is -0.924. The number of esters is 2. The van der Waals surface area contributed by atoms with E-state index in [0.29, 0.717) is 35.2 Å². The van der Waals surface area contributed by atoms with E-state index in [0.717, 1.165) is 0 Å². The van der Waals surface area contributed by atoms with Crippen molar-refractivity contribution in [1.29, 1.82) is 0 Å². The van der Waals surface area contributed by atoms with Gasteiger partial charge in [0.05, 0.1) is 18.8 Å². The van der Waals surface area contributed by atoms with Crippen molar-refractivity contribution < 1.29 is 23.8 Å². The van der Waals surface area contributed by atoms with E-state index in [2.05, 4.69) is 0 Å². The van der Waals surface area contributed by atoms with Crippen molar-refractivity contribution in [1.82, 2.24) is 4.57 Å². The molecule has 3 aromatic rings. The Hall–Kier alpha value is -3.61. The summed E-state index contributed by atoms with van der Waals surface area (Å²) in [5.74, 6) is -0.545. The van der Waals surface area contributed by atoms with Gasteiger partial charge in [0, 0.05) is 29.1 Å². The molecule has 0 N–H and O–H groups in total. The van der Waals surface area contributed by atoms with Crippen LogP contribution in [0, 0.1) is 0 Å². The average molecular weight is 393 g/mol. The highest BCUT2D eigenvalue weighted by Gasteiger charge is 2.31. The highest BCUT2D eigenvalue weighted by molar-refractivity contribution is 6.04. The van der Waals surface area contributed by atoms with Crippen molar-refractivity contribution >= 4 is 22.7 Å². The number of nitrogens with zero attached hydrogens (tertiary/aromatic N) is 1. The monoisotopic (exact) mass is 393 g/mol. The van der Waals surface area contributed by atoms with Crippen LogP contribution in [0.2, 0.25) is 0 Å². The van der Waals surface area contributed by atoms with Crippen LogP contribution < -0.4 is 10.3 Å². The molecule has 0 aliphatic carbocycles. The van der Waals surface area contributed by atoms with Crippen LogP contribution in [0.25, 0.3) is 16.5 Å². The number of pyridine rings is 1. The van der Waals surface area contributed by atoms with Crippen LogP contribution >= 0.6 is 0 Å². The molecule has 4 rings (SSSR count). The topological polar surface area (TPSA) is 83.8 Å². The van der Waals surface area contributed by atoms with Gasteiger partial charge >= 0.3 is 11.9 Å². The van der Waals surface area contributed by atoms with Crippen molar-refractivity contribution in [2.75, 3.05) is 13.2 Å².